The number of hydrogen-bond acceptors (Lipinski definition) is 4. The van der Waals surface area contributed by atoms with Crippen LogP contribution in [-0.4, -0.2) is 48.9 Å². The van der Waals surface area contributed by atoms with E-state index >= 15 is 0 Å². The topological polar surface area (TPSA) is 66.9 Å². The Morgan fingerprint density at radius 2 is 2.00 bits per heavy atom. The van der Waals surface area contributed by atoms with Crippen LogP contribution in [0.2, 0.25) is 0 Å². The molecule has 6 nitrogen and oxygen atoms in total. The van der Waals surface area contributed by atoms with E-state index in [1.54, 1.807) is 29.2 Å². The number of rotatable bonds is 4. The largest absolute Gasteiger partial charge is 0.465 e. The monoisotopic (exact) mass is 358 g/mol. The molecule has 2 aliphatic heterocycles. The number of carbonyl (C=O) groups excluding carboxylic acids is 3. The van der Waals surface area contributed by atoms with E-state index in [1.807, 2.05) is 4.90 Å². The Kier molecular flexibility index (Phi) is 5.59. The molecule has 0 saturated carbocycles. The van der Waals surface area contributed by atoms with Gasteiger partial charge in [0.25, 0.3) is 0 Å². The maximum Gasteiger partial charge on any atom is 0.339 e. The number of anilines is 1. The van der Waals surface area contributed by atoms with Gasteiger partial charge in [-0.05, 0) is 37.8 Å². The number of nitrogens with zero attached hydrogens (tertiary/aromatic N) is 2. The van der Waals surface area contributed by atoms with Gasteiger partial charge in [0.15, 0.2) is 0 Å². The van der Waals surface area contributed by atoms with Crippen LogP contribution in [0.3, 0.4) is 0 Å². The smallest absolute Gasteiger partial charge is 0.339 e. The van der Waals surface area contributed by atoms with Crippen molar-refractivity contribution in [3.05, 3.63) is 29.8 Å². The van der Waals surface area contributed by atoms with Crippen LogP contribution in [0.25, 0.3) is 0 Å². The molecular formula is C20H26N2O4. The number of carbonyl (C=O) groups is 3. The molecule has 0 spiro atoms. The van der Waals surface area contributed by atoms with E-state index in [4.69, 9.17) is 4.74 Å². The molecule has 140 valence electrons. The van der Waals surface area contributed by atoms with E-state index < -0.39 is 5.97 Å². The first-order valence-electron chi connectivity index (χ1n) is 9.35. The quantitative estimate of drug-likeness (QED) is 0.776. The molecule has 0 radical (unpaired) electrons. The van der Waals surface area contributed by atoms with E-state index in [9.17, 15) is 14.4 Å². The molecular weight excluding hydrogens is 332 g/mol. The molecule has 1 aromatic rings. The highest BCUT2D eigenvalue weighted by Gasteiger charge is 2.40. The minimum Gasteiger partial charge on any atom is -0.465 e. The third-order valence-corrected chi connectivity index (χ3v) is 5.46. The number of amides is 2. The van der Waals surface area contributed by atoms with Crippen molar-refractivity contribution in [2.24, 2.45) is 5.92 Å². The molecule has 2 unspecified atom stereocenters. The minimum absolute atomic E-state index is 0.0722. The highest BCUT2D eigenvalue weighted by molar-refractivity contribution is 6.05. The first kappa shape index (κ1) is 18.4. The van der Waals surface area contributed by atoms with Gasteiger partial charge < -0.3 is 14.5 Å². The van der Waals surface area contributed by atoms with Gasteiger partial charge in [-0.15, -0.1) is 0 Å². The number of benzene rings is 1. The number of likely N-dealkylation sites (tertiary alicyclic amines) is 1. The number of para-hydroxylation sites is 1. The molecule has 0 aromatic heterocycles. The normalized spacial score (nSPS) is 23.2. The van der Waals surface area contributed by atoms with Crippen LogP contribution in [0.5, 0.6) is 0 Å². The van der Waals surface area contributed by atoms with Crippen molar-refractivity contribution >= 4 is 23.5 Å². The summed E-state index contributed by atoms with van der Waals surface area (Å²) in [6.07, 6.45) is 4.36. The minimum atomic E-state index is -0.481. The van der Waals surface area contributed by atoms with Crippen molar-refractivity contribution in [2.75, 3.05) is 25.1 Å². The fourth-order valence-electron chi connectivity index (χ4n) is 4.05. The van der Waals surface area contributed by atoms with E-state index in [-0.39, 0.29) is 30.2 Å². The lowest BCUT2D eigenvalue weighted by Gasteiger charge is -2.36. The first-order valence-corrected chi connectivity index (χ1v) is 9.35. The summed E-state index contributed by atoms with van der Waals surface area (Å²) in [7, 11) is 1.32. The number of esters is 1. The van der Waals surface area contributed by atoms with Crippen molar-refractivity contribution in [3.63, 3.8) is 0 Å². The van der Waals surface area contributed by atoms with E-state index in [2.05, 4.69) is 6.92 Å². The summed E-state index contributed by atoms with van der Waals surface area (Å²) in [6.45, 7) is 3.20. The lowest BCUT2D eigenvalue weighted by atomic mass is 9.97. The van der Waals surface area contributed by atoms with E-state index in [0.29, 0.717) is 17.8 Å². The maximum absolute atomic E-state index is 13.0. The summed E-state index contributed by atoms with van der Waals surface area (Å²) >= 11 is 0. The zero-order valence-corrected chi connectivity index (χ0v) is 15.4. The summed E-state index contributed by atoms with van der Waals surface area (Å²) in [5, 5.41) is 0. The van der Waals surface area contributed by atoms with Gasteiger partial charge in [-0.2, -0.15) is 0 Å². The molecule has 1 aromatic carbocycles. The summed E-state index contributed by atoms with van der Waals surface area (Å²) in [5.74, 6) is -0.877. The molecule has 3 rings (SSSR count). The average molecular weight is 358 g/mol. The van der Waals surface area contributed by atoms with Gasteiger partial charge in [-0.3, -0.25) is 9.59 Å². The molecule has 26 heavy (non-hydrogen) atoms. The molecule has 2 heterocycles. The number of methoxy groups -OCH3 is 1. The zero-order valence-electron chi connectivity index (χ0n) is 15.4. The second-order valence-corrected chi connectivity index (χ2v) is 7.00. The van der Waals surface area contributed by atoms with Gasteiger partial charge >= 0.3 is 5.97 Å². The Bertz CT molecular complexity index is 703. The van der Waals surface area contributed by atoms with Crippen LogP contribution in [0.1, 0.15) is 49.4 Å². The Balaban J connectivity index is 1.79. The fourth-order valence-corrected chi connectivity index (χ4v) is 4.05. The molecule has 2 aliphatic rings. The Morgan fingerprint density at radius 3 is 2.73 bits per heavy atom. The highest BCUT2D eigenvalue weighted by Crippen LogP contribution is 2.31. The van der Waals surface area contributed by atoms with E-state index in [1.165, 1.54) is 7.11 Å². The van der Waals surface area contributed by atoms with E-state index in [0.717, 1.165) is 32.2 Å². The van der Waals surface area contributed by atoms with Gasteiger partial charge in [0.2, 0.25) is 11.8 Å². The van der Waals surface area contributed by atoms with Crippen LogP contribution < -0.4 is 4.90 Å². The second kappa shape index (κ2) is 7.89. The summed E-state index contributed by atoms with van der Waals surface area (Å²) in [5.41, 5.74) is 0.867. The molecule has 6 heteroatoms. The zero-order chi connectivity index (χ0) is 18.7. The molecule has 2 atom stereocenters. The Hall–Kier alpha value is -2.37. The van der Waals surface area contributed by atoms with Gasteiger partial charge in [-0.25, -0.2) is 4.79 Å². The predicted molar refractivity (Wildman–Crippen MR) is 97.9 cm³/mol. The lowest BCUT2D eigenvalue weighted by Crippen LogP contribution is -2.46. The van der Waals surface area contributed by atoms with Crippen LogP contribution in [-0.2, 0) is 14.3 Å². The fraction of sp³-hybridized carbons (Fsp3) is 0.550. The molecule has 2 fully saturated rings. The van der Waals surface area contributed by atoms with Gasteiger partial charge in [0, 0.05) is 25.6 Å². The van der Waals surface area contributed by atoms with Crippen molar-refractivity contribution in [1.82, 2.24) is 4.90 Å². The number of hydrogen-bond donors (Lipinski definition) is 0. The number of ether oxygens (including phenoxy) is 1. The van der Waals surface area contributed by atoms with Crippen molar-refractivity contribution in [3.8, 4) is 0 Å². The Labute approximate surface area is 154 Å². The molecule has 2 amide bonds. The van der Waals surface area contributed by atoms with Crippen molar-refractivity contribution < 1.29 is 19.1 Å². The van der Waals surface area contributed by atoms with Crippen LogP contribution >= 0.6 is 0 Å². The van der Waals surface area contributed by atoms with Crippen molar-refractivity contribution in [1.29, 1.82) is 0 Å². The summed E-state index contributed by atoms with van der Waals surface area (Å²) < 4.78 is 4.82. The summed E-state index contributed by atoms with van der Waals surface area (Å²) in [4.78, 5) is 41.1. The van der Waals surface area contributed by atoms with Crippen LogP contribution in [0.15, 0.2) is 24.3 Å². The molecule has 2 saturated heterocycles. The van der Waals surface area contributed by atoms with Crippen LogP contribution in [0, 0.1) is 5.92 Å². The molecule has 0 N–H and O–H groups in total. The van der Waals surface area contributed by atoms with Gasteiger partial charge in [0.1, 0.15) is 0 Å². The molecule has 0 aliphatic carbocycles. The predicted octanol–water partition coefficient (Wildman–Crippen LogP) is 2.62. The SMILES string of the molecule is CCC1CCCCN1C(=O)C1CC(=O)N(c2ccccc2C(=O)OC)C1. The van der Waals surface area contributed by atoms with Gasteiger partial charge in [-0.1, -0.05) is 19.1 Å². The lowest BCUT2D eigenvalue weighted by molar-refractivity contribution is -0.139. The third kappa shape index (κ3) is 3.45. The maximum atomic E-state index is 13.0. The first-order chi connectivity index (χ1) is 12.6. The third-order valence-electron chi connectivity index (χ3n) is 5.46. The van der Waals surface area contributed by atoms with Gasteiger partial charge in [0.05, 0.1) is 24.3 Å². The Morgan fingerprint density at radius 1 is 1.23 bits per heavy atom. The standard InChI is InChI=1S/C20H26N2O4/c1-3-15-8-6-7-11-21(15)19(24)14-12-18(23)22(13-14)17-10-5-4-9-16(17)20(25)26-2/h4-5,9-10,14-15H,3,6-8,11-13H2,1-2H3. The summed E-state index contributed by atoms with van der Waals surface area (Å²) in [6, 6.07) is 7.16. The molecule has 0 bridgehead atoms. The van der Waals surface area contributed by atoms with Crippen molar-refractivity contribution in [2.45, 2.75) is 45.1 Å². The van der Waals surface area contributed by atoms with Crippen LogP contribution in [0.4, 0.5) is 5.69 Å². The number of piperidine rings is 1. The average Bonchev–Trinajstić information content (AvgIpc) is 3.08. The second-order valence-electron chi connectivity index (χ2n) is 7.00. The highest BCUT2D eigenvalue weighted by atomic mass is 16.5.